The van der Waals surface area contributed by atoms with Gasteiger partial charge in [-0.15, -0.1) is 0 Å². The van der Waals surface area contributed by atoms with E-state index in [1.807, 2.05) is 11.0 Å². The molecule has 0 aromatic heterocycles. The Labute approximate surface area is 183 Å². The molecule has 4 rings (SSSR count). The number of anilines is 3. The molecule has 1 aliphatic heterocycles. The van der Waals surface area contributed by atoms with Crippen LogP contribution in [0.1, 0.15) is 16.7 Å². The number of carbonyl (C=O) groups is 1. The summed E-state index contributed by atoms with van der Waals surface area (Å²) >= 11 is 0. The van der Waals surface area contributed by atoms with Gasteiger partial charge in [-0.3, -0.25) is 10.1 Å². The summed E-state index contributed by atoms with van der Waals surface area (Å²) in [6.45, 7) is 0.701. The van der Waals surface area contributed by atoms with E-state index in [4.69, 9.17) is 0 Å². The Morgan fingerprint density at radius 3 is 2.59 bits per heavy atom. The van der Waals surface area contributed by atoms with Crippen LogP contribution in [0, 0.1) is 15.9 Å². The monoisotopic (exact) mass is 436 g/mol. The lowest BCUT2D eigenvalue weighted by Gasteiger charge is -2.31. The fraction of sp³-hybridized carbons (Fsp3) is 0.174. The Kier molecular flexibility index (Phi) is 6.00. The molecule has 3 aromatic rings. The minimum absolute atomic E-state index is 0.0239. The van der Waals surface area contributed by atoms with Gasteiger partial charge in [0.2, 0.25) is 0 Å². The third kappa shape index (κ3) is 4.37. The minimum atomic E-state index is -0.558. The smallest absolute Gasteiger partial charge is 0.323 e. The van der Waals surface area contributed by atoms with Crippen molar-refractivity contribution < 1.29 is 19.2 Å². The first-order valence-electron chi connectivity index (χ1n) is 10.0. The average Bonchev–Trinajstić information content (AvgIpc) is 2.80. The number of halogens is 1. The number of rotatable bonds is 5. The van der Waals surface area contributed by atoms with E-state index in [2.05, 4.69) is 10.6 Å². The highest BCUT2D eigenvalue weighted by Gasteiger charge is 2.25. The second-order valence-corrected chi connectivity index (χ2v) is 7.41. The van der Waals surface area contributed by atoms with Gasteiger partial charge in [-0.25, -0.2) is 9.18 Å². The molecule has 0 saturated heterocycles. The van der Waals surface area contributed by atoms with Gasteiger partial charge in [-0.1, -0.05) is 24.3 Å². The van der Waals surface area contributed by atoms with Crippen LogP contribution in [0.4, 0.5) is 31.9 Å². The molecule has 9 heteroatoms. The Hall–Kier alpha value is -3.98. The first-order valence-corrected chi connectivity index (χ1v) is 10.0. The predicted octanol–water partition coefficient (Wildman–Crippen LogP) is 4.43. The molecule has 32 heavy (non-hydrogen) atoms. The maximum absolute atomic E-state index is 13.8. The molecule has 0 atom stereocenters. The number of aliphatic hydroxyl groups excluding tert-OH is 1. The number of nitro groups is 1. The van der Waals surface area contributed by atoms with Crippen molar-refractivity contribution >= 4 is 28.8 Å². The number of fused-ring (bicyclic) bond motifs is 1. The van der Waals surface area contributed by atoms with Crippen molar-refractivity contribution in [2.24, 2.45) is 0 Å². The van der Waals surface area contributed by atoms with E-state index >= 15 is 0 Å². The molecule has 3 aromatic carbocycles. The Morgan fingerprint density at radius 2 is 1.84 bits per heavy atom. The number of nitro benzene ring substituents is 1. The number of carbonyl (C=O) groups excluding carboxylic acids is 1. The number of hydrogen-bond acceptors (Lipinski definition) is 5. The number of nitrogens with zero attached hydrogens (tertiary/aromatic N) is 2. The molecule has 1 aliphatic rings. The van der Waals surface area contributed by atoms with E-state index in [0.717, 1.165) is 11.1 Å². The maximum atomic E-state index is 13.8. The molecule has 3 N–H and O–H groups in total. The summed E-state index contributed by atoms with van der Waals surface area (Å²) in [5.74, 6) is -0.528. The predicted molar refractivity (Wildman–Crippen MR) is 119 cm³/mol. The zero-order valence-electron chi connectivity index (χ0n) is 17.0. The van der Waals surface area contributed by atoms with Crippen LogP contribution in [0.5, 0.6) is 0 Å². The highest BCUT2D eigenvalue weighted by atomic mass is 19.1. The normalized spacial score (nSPS) is 12.8. The van der Waals surface area contributed by atoms with Crippen LogP contribution in [0.15, 0.2) is 60.7 Å². The Balaban J connectivity index is 1.55. The van der Waals surface area contributed by atoms with Gasteiger partial charge in [-0.2, -0.15) is 0 Å². The molecule has 2 amide bonds. The standard InChI is InChI=1S/C23H21FN4O4/c24-18-5-1-2-6-20(18)26-23(30)25-19-7-3-4-16-13-27(11-10-17(16)19)22-12-15(14-29)8-9-21(22)28(31)32/h1-9,12,29H,10-11,13-14H2,(H2,25,26,30). The van der Waals surface area contributed by atoms with E-state index in [0.29, 0.717) is 36.4 Å². The Morgan fingerprint density at radius 1 is 1.09 bits per heavy atom. The third-order valence-electron chi connectivity index (χ3n) is 5.40. The van der Waals surface area contributed by atoms with Crippen LogP contribution < -0.4 is 15.5 Å². The molecule has 1 heterocycles. The quantitative estimate of drug-likeness (QED) is 0.405. The van der Waals surface area contributed by atoms with E-state index in [1.165, 1.54) is 24.3 Å². The van der Waals surface area contributed by atoms with Gasteiger partial charge in [-0.05, 0) is 53.4 Å². The molecule has 0 radical (unpaired) electrons. The van der Waals surface area contributed by atoms with Crippen molar-refractivity contribution in [1.82, 2.24) is 0 Å². The van der Waals surface area contributed by atoms with Gasteiger partial charge in [0.15, 0.2) is 0 Å². The van der Waals surface area contributed by atoms with Gasteiger partial charge >= 0.3 is 6.03 Å². The SMILES string of the molecule is O=C(Nc1ccccc1F)Nc1cccc2c1CCN(c1cc(CO)ccc1[N+](=O)[O-])C2. The first-order chi connectivity index (χ1) is 15.5. The van der Waals surface area contributed by atoms with Crippen molar-refractivity contribution in [2.75, 3.05) is 22.1 Å². The zero-order valence-corrected chi connectivity index (χ0v) is 17.0. The summed E-state index contributed by atoms with van der Waals surface area (Å²) in [4.78, 5) is 25.4. The molecule has 164 valence electrons. The number of hydrogen-bond donors (Lipinski definition) is 3. The lowest BCUT2D eigenvalue weighted by molar-refractivity contribution is -0.384. The average molecular weight is 436 g/mol. The van der Waals surface area contributed by atoms with Crippen LogP contribution in [-0.2, 0) is 19.6 Å². The van der Waals surface area contributed by atoms with Crippen molar-refractivity contribution in [1.29, 1.82) is 0 Å². The summed E-state index contributed by atoms with van der Waals surface area (Å²) in [5, 5.41) is 26.2. The van der Waals surface area contributed by atoms with E-state index in [9.17, 15) is 24.4 Å². The fourth-order valence-corrected chi connectivity index (χ4v) is 3.85. The van der Waals surface area contributed by atoms with Crippen molar-refractivity contribution in [3.8, 4) is 0 Å². The zero-order chi connectivity index (χ0) is 22.7. The van der Waals surface area contributed by atoms with Crippen LogP contribution in [-0.4, -0.2) is 22.6 Å². The highest BCUT2D eigenvalue weighted by molar-refractivity contribution is 6.00. The van der Waals surface area contributed by atoms with Gasteiger partial charge in [0.1, 0.15) is 11.5 Å². The molecular formula is C23H21FN4O4. The van der Waals surface area contributed by atoms with Gasteiger partial charge in [0.05, 0.1) is 17.2 Å². The van der Waals surface area contributed by atoms with Gasteiger partial charge in [0, 0.05) is 24.8 Å². The molecule has 0 bridgehead atoms. The van der Waals surface area contributed by atoms with Crippen LogP contribution in [0.3, 0.4) is 0 Å². The van der Waals surface area contributed by atoms with Crippen LogP contribution in [0.2, 0.25) is 0 Å². The third-order valence-corrected chi connectivity index (χ3v) is 5.40. The lowest BCUT2D eigenvalue weighted by atomic mass is 9.97. The second-order valence-electron chi connectivity index (χ2n) is 7.41. The summed E-state index contributed by atoms with van der Waals surface area (Å²) in [6.07, 6.45) is 0.548. The molecule has 0 aliphatic carbocycles. The van der Waals surface area contributed by atoms with Gasteiger partial charge < -0.3 is 20.6 Å². The maximum Gasteiger partial charge on any atom is 0.323 e. The molecule has 0 unspecified atom stereocenters. The summed E-state index contributed by atoms with van der Waals surface area (Å²) in [7, 11) is 0. The summed E-state index contributed by atoms with van der Waals surface area (Å²) in [6, 6.07) is 15.4. The molecule has 8 nitrogen and oxygen atoms in total. The van der Waals surface area contributed by atoms with E-state index in [-0.39, 0.29) is 18.0 Å². The number of aliphatic hydroxyl groups is 1. The highest BCUT2D eigenvalue weighted by Crippen LogP contribution is 2.35. The van der Waals surface area contributed by atoms with Crippen LogP contribution >= 0.6 is 0 Å². The van der Waals surface area contributed by atoms with E-state index in [1.54, 1.807) is 30.3 Å². The number of nitrogens with one attached hydrogen (secondary N) is 2. The van der Waals surface area contributed by atoms with Crippen molar-refractivity contribution in [2.45, 2.75) is 19.6 Å². The number of amides is 2. The second kappa shape index (κ2) is 9.03. The minimum Gasteiger partial charge on any atom is -0.392 e. The number of urea groups is 1. The molecular weight excluding hydrogens is 415 g/mol. The lowest BCUT2D eigenvalue weighted by Crippen LogP contribution is -2.32. The first kappa shape index (κ1) is 21.3. The topological polar surface area (TPSA) is 108 Å². The molecule has 0 fully saturated rings. The number of para-hydroxylation sites is 1. The fourth-order valence-electron chi connectivity index (χ4n) is 3.85. The Bertz CT molecular complexity index is 1180. The van der Waals surface area contributed by atoms with Crippen molar-refractivity contribution in [3.63, 3.8) is 0 Å². The van der Waals surface area contributed by atoms with Crippen LogP contribution in [0.25, 0.3) is 0 Å². The van der Waals surface area contributed by atoms with Crippen molar-refractivity contribution in [3.05, 3.63) is 93.3 Å². The van der Waals surface area contributed by atoms with Gasteiger partial charge in [0.25, 0.3) is 5.69 Å². The molecule has 0 spiro atoms. The van der Waals surface area contributed by atoms with E-state index < -0.39 is 16.8 Å². The largest absolute Gasteiger partial charge is 0.392 e. The summed E-state index contributed by atoms with van der Waals surface area (Å²) < 4.78 is 13.8. The molecule has 0 saturated carbocycles. The summed E-state index contributed by atoms with van der Waals surface area (Å²) in [5.41, 5.74) is 3.55. The number of benzene rings is 3.